The molecule has 0 spiro atoms. The highest BCUT2D eigenvalue weighted by Gasteiger charge is 2.08. The van der Waals surface area contributed by atoms with Gasteiger partial charge in [0, 0.05) is 16.9 Å². The average Bonchev–Trinajstić information content (AvgIpc) is 2.25. The van der Waals surface area contributed by atoms with Gasteiger partial charge in [0.25, 0.3) is 5.17 Å². The van der Waals surface area contributed by atoms with Crippen LogP contribution in [-0.4, -0.2) is 18.1 Å². The van der Waals surface area contributed by atoms with Crippen LogP contribution < -0.4 is 28.3 Å². The Bertz CT molecular complexity index is 424. The van der Waals surface area contributed by atoms with Gasteiger partial charge in [0.05, 0.1) is 7.11 Å². The van der Waals surface area contributed by atoms with Crippen LogP contribution in [0.3, 0.4) is 0 Å². The van der Waals surface area contributed by atoms with E-state index in [2.05, 4.69) is 0 Å². The van der Waals surface area contributed by atoms with Crippen LogP contribution in [0.5, 0.6) is 5.75 Å². The third kappa shape index (κ3) is 4.66. The van der Waals surface area contributed by atoms with Crippen LogP contribution >= 0.6 is 11.8 Å². The smallest absolute Gasteiger partial charge is 0.300 e. The summed E-state index contributed by atoms with van der Waals surface area (Å²) in [5.41, 5.74) is 6.95. The number of hydrogen-bond donors (Lipinski definition) is 2. The van der Waals surface area contributed by atoms with Gasteiger partial charge in [-0.3, -0.25) is 15.9 Å². The van der Waals surface area contributed by atoms with E-state index in [-0.39, 0.29) is 18.2 Å². The normalized spacial score (nSPS) is 9.29. The number of hydrogen-bond acceptors (Lipinski definition) is 3. The fourth-order valence-corrected chi connectivity index (χ4v) is 1.82. The maximum atomic E-state index is 11.2. The van der Waals surface area contributed by atoms with Crippen LogP contribution in [0.2, 0.25) is 0 Å². The number of ketones is 1. The summed E-state index contributed by atoms with van der Waals surface area (Å²) in [5.74, 6) is 1.35. The SMILES string of the molecule is COc1ccc(C(C)=O)cc1CSC(N)=[NH2+].[Cl-]. The molecule has 0 radical (unpaired) electrons. The van der Waals surface area contributed by atoms with Crippen molar-refractivity contribution in [2.24, 2.45) is 5.73 Å². The second kappa shape index (κ2) is 7.19. The predicted octanol–water partition coefficient (Wildman–Crippen LogP) is -2.79. The van der Waals surface area contributed by atoms with Crippen molar-refractivity contribution >= 4 is 22.7 Å². The highest BCUT2D eigenvalue weighted by atomic mass is 35.5. The third-order valence-electron chi connectivity index (χ3n) is 2.08. The topological polar surface area (TPSA) is 77.9 Å². The third-order valence-corrected chi connectivity index (χ3v) is 2.87. The number of rotatable bonds is 4. The van der Waals surface area contributed by atoms with Gasteiger partial charge in [-0.15, -0.1) is 0 Å². The molecular formula is C11H15ClN2O2S. The number of Topliss-reactive ketones (excluding diaryl/α,β-unsaturated/α-hetero) is 1. The Morgan fingerprint density at radius 3 is 2.65 bits per heavy atom. The molecule has 0 aromatic heterocycles. The van der Waals surface area contributed by atoms with E-state index in [1.807, 2.05) is 0 Å². The highest BCUT2D eigenvalue weighted by molar-refractivity contribution is 8.12. The van der Waals surface area contributed by atoms with E-state index in [0.717, 1.165) is 11.3 Å². The molecule has 0 atom stereocenters. The van der Waals surface area contributed by atoms with Gasteiger partial charge < -0.3 is 17.1 Å². The molecule has 4 N–H and O–H groups in total. The molecule has 1 rings (SSSR count). The fraction of sp³-hybridized carbons (Fsp3) is 0.273. The van der Waals surface area contributed by atoms with Gasteiger partial charge >= 0.3 is 0 Å². The summed E-state index contributed by atoms with van der Waals surface area (Å²) >= 11 is 1.32. The van der Waals surface area contributed by atoms with Crippen LogP contribution in [0.15, 0.2) is 18.2 Å². The molecule has 0 aliphatic carbocycles. The summed E-state index contributed by atoms with van der Waals surface area (Å²) in [6.45, 7) is 1.53. The number of methoxy groups -OCH3 is 1. The summed E-state index contributed by atoms with van der Waals surface area (Å²) in [6, 6.07) is 5.32. The lowest BCUT2D eigenvalue weighted by Gasteiger charge is -2.08. The Hall–Kier alpha value is -1.20. The summed E-state index contributed by atoms with van der Waals surface area (Å²) < 4.78 is 5.20. The van der Waals surface area contributed by atoms with E-state index < -0.39 is 0 Å². The summed E-state index contributed by atoms with van der Waals surface area (Å²) in [5, 5.41) is 5.68. The number of carbonyl (C=O) groups excluding carboxylic acids is 1. The van der Waals surface area contributed by atoms with E-state index in [9.17, 15) is 4.79 Å². The van der Waals surface area contributed by atoms with Crippen molar-refractivity contribution in [1.82, 2.24) is 0 Å². The maximum Gasteiger partial charge on any atom is 0.300 e. The van der Waals surface area contributed by atoms with Gasteiger partial charge in [0.2, 0.25) is 0 Å². The first kappa shape index (κ1) is 15.8. The first-order chi connectivity index (χ1) is 7.54. The largest absolute Gasteiger partial charge is 1.00 e. The van der Waals surface area contributed by atoms with Crippen LogP contribution in [0.4, 0.5) is 0 Å². The number of carbonyl (C=O) groups is 1. The predicted molar refractivity (Wildman–Crippen MR) is 65.4 cm³/mol. The van der Waals surface area contributed by atoms with Gasteiger partial charge in [-0.1, -0.05) is 0 Å². The van der Waals surface area contributed by atoms with Gasteiger partial charge in [0.1, 0.15) is 5.75 Å². The molecule has 0 saturated heterocycles. The lowest BCUT2D eigenvalue weighted by Crippen LogP contribution is -3.00. The Morgan fingerprint density at radius 2 is 2.18 bits per heavy atom. The lowest BCUT2D eigenvalue weighted by atomic mass is 10.1. The molecule has 0 aliphatic heterocycles. The Kier molecular flexibility index (Phi) is 6.68. The molecule has 0 aliphatic rings. The molecule has 1 aromatic rings. The van der Waals surface area contributed by atoms with Crippen molar-refractivity contribution in [3.05, 3.63) is 29.3 Å². The Balaban J connectivity index is 0.00000256. The molecule has 94 valence electrons. The molecule has 0 heterocycles. The van der Waals surface area contributed by atoms with Crippen molar-refractivity contribution < 1.29 is 27.3 Å². The van der Waals surface area contributed by atoms with E-state index in [0.29, 0.717) is 16.5 Å². The molecular weight excluding hydrogens is 260 g/mol. The number of amidine groups is 1. The number of nitrogens with two attached hydrogens (primary N) is 2. The molecule has 6 heteroatoms. The van der Waals surface area contributed by atoms with E-state index in [1.54, 1.807) is 25.3 Å². The van der Waals surface area contributed by atoms with Crippen LogP contribution in [0, 0.1) is 0 Å². The van der Waals surface area contributed by atoms with Crippen molar-refractivity contribution in [3.63, 3.8) is 0 Å². The van der Waals surface area contributed by atoms with E-state index in [4.69, 9.17) is 15.9 Å². The molecule has 0 amide bonds. The number of ether oxygens (including phenoxy) is 1. The highest BCUT2D eigenvalue weighted by Crippen LogP contribution is 2.24. The Labute approximate surface area is 111 Å². The zero-order valence-corrected chi connectivity index (χ0v) is 11.3. The van der Waals surface area contributed by atoms with Gasteiger partial charge in [-0.2, -0.15) is 0 Å². The van der Waals surface area contributed by atoms with Crippen molar-refractivity contribution in [1.29, 1.82) is 0 Å². The van der Waals surface area contributed by atoms with Crippen molar-refractivity contribution in [2.75, 3.05) is 7.11 Å². The monoisotopic (exact) mass is 274 g/mol. The van der Waals surface area contributed by atoms with E-state index in [1.165, 1.54) is 18.7 Å². The zero-order valence-electron chi connectivity index (χ0n) is 9.70. The molecule has 0 unspecified atom stereocenters. The molecule has 4 nitrogen and oxygen atoms in total. The lowest BCUT2D eigenvalue weighted by molar-refractivity contribution is -0.110. The summed E-state index contributed by atoms with van der Waals surface area (Å²) in [7, 11) is 1.59. The average molecular weight is 275 g/mol. The van der Waals surface area contributed by atoms with Crippen LogP contribution in [0.25, 0.3) is 0 Å². The van der Waals surface area contributed by atoms with E-state index >= 15 is 0 Å². The number of benzene rings is 1. The minimum Gasteiger partial charge on any atom is -1.00 e. The minimum atomic E-state index is 0. The number of halogens is 1. The van der Waals surface area contributed by atoms with Crippen molar-refractivity contribution in [3.8, 4) is 5.75 Å². The fourth-order valence-electron chi connectivity index (χ4n) is 1.27. The Morgan fingerprint density at radius 1 is 1.53 bits per heavy atom. The molecule has 0 bridgehead atoms. The molecule has 0 fully saturated rings. The van der Waals surface area contributed by atoms with Gasteiger partial charge in [-0.05, 0) is 36.9 Å². The minimum absolute atomic E-state index is 0. The second-order valence-corrected chi connectivity index (χ2v) is 4.32. The molecule has 0 saturated carbocycles. The first-order valence-corrected chi connectivity index (χ1v) is 5.71. The van der Waals surface area contributed by atoms with Gasteiger partial charge in [-0.25, -0.2) is 0 Å². The summed E-state index contributed by atoms with van der Waals surface area (Å²) in [6.07, 6.45) is 0. The summed E-state index contributed by atoms with van der Waals surface area (Å²) in [4.78, 5) is 11.2. The quantitative estimate of drug-likeness (QED) is 0.354. The first-order valence-electron chi connectivity index (χ1n) is 4.73. The molecule has 17 heavy (non-hydrogen) atoms. The molecule has 1 aromatic carbocycles. The standard InChI is InChI=1S/C11H14N2O2S.ClH/c1-7(14)8-3-4-10(15-2)9(5-8)6-16-11(12)13;/h3-5H,6H2,1-2H3,(H3,12,13);1H. The second-order valence-electron chi connectivity index (χ2n) is 3.27. The van der Waals surface area contributed by atoms with Crippen LogP contribution in [0.1, 0.15) is 22.8 Å². The maximum absolute atomic E-state index is 11.2. The van der Waals surface area contributed by atoms with Crippen LogP contribution in [-0.2, 0) is 5.75 Å². The zero-order chi connectivity index (χ0) is 12.1. The number of thioether (sulfide) groups is 1. The van der Waals surface area contributed by atoms with Gasteiger partial charge in [0.15, 0.2) is 5.78 Å². The van der Waals surface area contributed by atoms with Crippen molar-refractivity contribution in [2.45, 2.75) is 12.7 Å².